The molecule has 0 spiro atoms. The average molecular weight is 285 g/mol. The number of hydrogen-bond acceptors (Lipinski definition) is 4. The molecule has 0 radical (unpaired) electrons. The molecule has 0 unspecified atom stereocenters. The summed E-state index contributed by atoms with van der Waals surface area (Å²) in [6.45, 7) is 6.40. The number of nitrogens with zero attached hydrogens (tertiary/aromatic N) is 1. The smallest absolute Gasteiger partial charge is 0.208 e. The van der Waals surface area contributed by atoms with Crippen LogP contribution in [0.1, 0.15) is 19.4 Å². The number of nitrogens with one attached hydrogen (secondary N) is 1. The molecule has 0 aliphatic heterocycles. The van der Waals surface area contributed by atoms with Crippen molar-refractivity contribution in [2.75, 3.05) is 36.5 Å². The summed E-state index contributed by atoms with van der Waals surface area (Å²) in [5.74, 6) is 0. The fourth-order valence-corrected chi connectivity index (χ4v) is 2.52. The van der Waals surface area contributed by atoms with Crippen molar-refractivity contribution in [2.24, 2.45) is 0 Å². The van der Waals surface area contributed by atoms with E-state index in [0.717, 1.165) is 30.6 Å². The maximum absolute atomic E-state index is 11.1. The molecule has 108 valence electrons. The third-order valence-electron chi connectivity index (χ3n) is 2.97. The van der Waals surface area contributed by atoms with Crippen LogP contribution in [0.3, 0.4) is 0 Å². The third kappa shape index (κ3) is 5.08. The zero-order chi connectivity index (χ0) is 14.5. The highest BCUT2D eigenvalue weighted by Crippen LogP contribution is 2.23. The number of nitrogens with two attached hydrogens (primary N) is 1. The molecule has 1 rings (SSSR count). The zero-order valence-corrected chi connectivity index (χ0v) is 12.6. The summed E-state index contributed by atoms with van der Waals surface area (Å²) >= 11 is 0. The summed E-state index contributed by atoms with van der Waals surface area (Å²) in [4.78, 5) is 2.23. The van der Waals surface area contributed by atoms with E-state index >= 15 is 0 Å². The van der Waals surface area contributed by atoms with Crippen LogP contribution in [0.2, 0.25) is 0 Å². The second kappa shape index (κ2) is 6.77. The summed E-state index contributed by atoms with van der Waals surface area (Å²) in [6.07, 6.45) is 1.79. The van der Waals surface area contributed by atoms with Gasteiger partial charge < -0.3 is 10.6 Å². The van der Waals surface area contributed by atoms with Gasteiger partial charge in [0.25, 0.3) is 0 Å². The van der Waals surface area contributed by atoms with E-state index in [0.29, 0.717) is 18.7 Å². The van der Waals surface area contributed by atoms with Crippen LogP contribution >= 0.6 is 0 Å². The predicted octanol–water partition coefficient (Wildman–Crippen LogP) is 1.21. The molecule has 1 aromatic rings. The van der Waals surface area contributed by atoms with Crippen LogP contribution in [-0.4, -0.2) is 34.3 Å². The van der Waals surface area contributed by atoms with Crippen molar-refractivity contribution in [3.63, 3.8) is 0 Å². The fourth-order valence-electron chi connectivity index (χ4n) is 2.05. The van der Waals surface area contributed by atoms with Crippen molar-refractivity contribution in [3.8, 4) is 0 Å². The Labute approximate surface area is 115 Å². The van der Waals surface area contributed by atoms with Crippen molar-refractivity contribution in [1.29, 1.82) is 0 Å². The van der Waals surface area contributed by atoms with Gasteiger partial charge in [0, 0.05) is 31.0 Å². The summed E-state index contributed by atoms with van der Waals surface area (Å²) in [6, 6.07) is 5.79. The molecule has 0 amide bonds. The first-order chi connectivity index (χ1) is 8.87. The summed E-state index contributed by atoms with van der Waals surface area (Å²) < 4.78 is 24.7. The van der Waals surface area contributed by atoms with Crippen LogP contribution in [0.25, 0.3) is 0 Å². The molecule has 6 heteroatoms. The van der Waals surface area contributed by atoms with E-state index in [1.165, 1.54) is 0 Å². The molecule has 0 fully saturated rings. The van der Waals surface area contributed by atoms with E-state index in [-0.39, 0.29) is 0 Å². The van der Waals surface area contributed by atoms with E-state index in [1.807, 2.05) is 18.2 Å². The summed E-state index contributed by atoms with van der Waals surface area (Å²) in [7, 11) is -3.14. The van der Waals surface area contributed by atoms with Gasteiger partial charge >= 0.3 is 0 Å². The molecular formula is C13H23N3O2S. The topological polar surface area (TPSA) is 75.4 Å². The average Bonchev–Trinajstić information content (AvgIpc) is 2.31. The number of hydrogen-bond donors (Lipinski definition) is 2. The minimum Gasteiger partial charge on any atom is -0.399 e. The lowest BCUT2D eigenvalue weighted by Gasteiger charge is -2.24. The quantitative estimate of drug-likeness (QED) is 0.738. The first-order valence-corrected chi connectivity index (χ1v) is 8.34. The minimum atomic E-state index is -3.14. The van der Waals surface area contributed by atoms with Gasteiger partial charge in [0.2, 0.25) is 10.0 Å². The van der Waals surface area contributed by atoms with E-state index < -0.39 is 10.0 Å². The Kier molecular flexibility index (Phi) is 5.62. The number of rotatable bonds is 7. The normalized spacial score (nSPS) is 11.5. The van der Waals surface area contributed by atoms with E-state index in [2.05, 4.69) is 23.5 Å². The van der Waals surface area contributed by atoms with E-state index in [4.69, 9.17) is 5.73 Å². The first kappa shape index (κ1) is 15.8. The molecule has 0 heterocycles. The fraction of sp³-hybridized carbons (Fsp3) is 0.538. The highest BCUT2D eigenvalue weighted by molar-refractivity contribution is 7.88. The molecule has 1 aromatic carbocycles. The largest absolute Gasteiger partial charge is 0.399 e. The van der Waals surface area contributed by atoms with Gasteiger partial charge in [0.15, 0.2) is 0 Å². The molecule has 3 N–H and O–H groups in total. The van der Waals surface area contributed by atoms with Crippen LogP contribution in [-0.2, 0) is 16.4 Å². The highest BCUT2D eigenvalue weighted by atomic mass is 32.2. The van der Waals surface area contributed by atoms with Gasteiger partial charge in [-0.2, -0.15) is 0 Å². The Bertz CT molecular complexity index is 511. The Hall–Kier alpha value is -1.27. The molecular weight excluding hydrogens is 262 g/mol. The lowest BCUT2D eigenvalue weighted by atomic mass is 10.1. The molecule has 5 nitrogen and oxygen atoms in total. The molecule has 19 heavy (non-hydrogen) atoms. The Morgan fingerprint density at radius 1 is 1.26 bits per heavy atom. The van der Waals surface area contributed by atoms with Gasteiger partial charge in [-0.15, -0.1) is 0 Å². The lowest BCUT2D eigenvalue weighted by Crippen LogP contribution is -2.26. The molecule has 0 aliphatic rings. The molecule has 0 saturated carbocycles. The number of sulfonamides is 1. The SMILES string of the molecule is CCN(CC)c1ccc(N)cc1CCNS(C)(=O)=O. The molecule has 0 aliphatic carbocycles. The van der Waals surface area contributed by atoms with Crippen LogP contribution in [0.5, 0.6) is 0 Å². The summed E-state index contributed by atoms with van der Waals surface area (Å²) in [5.41, 5.74) is 8.70. The molecule has 0 bridgehead atoms. The van der Waals surface area contributed by atoms with Crippen LogP contribution < -0.4 is 15.4 Å². The number of nitrogen functional groups attached to an aromatic ring is 1. The van der Waals surface area contributed by atoms with Crippen molar-refractivity contribution in [3.05, 3.63) is 23.8 Å². The second-order valence-corrected chi connectivity index (χ2v) is 6.31. The second-order valence-electron chi connectivity index (χ2n) is 4.48. The van der Waals surface area contributed by atoms with Gasteiger partial charge in [0.05, 0.1) is 6.26 Å². The van der Waals surface area contributed by atoms with Crippen LogP contribution in [0.4, 0.5) is 11.4 Å². The monoisotopic (exact) mass is 285 g/mol. The predicted molar refractivity (Wildman–Crippen MR) is 81.0 cm³/mol. The zero-order valence-electron chi connectivity index (χ0n) is 11.8. The summed E-state index contributed by atoms with van der Waals surface area (Å²) in [5, 5.41) is 0. The molecule has 0 atom stereocenters. The van der Waals surface area contributed by atoms with Gasteiger partial charge in [-0.3, -0.25) is 0 Å². The highest BCUT2D eigenvalue weighted by Gasteiger charge is 2.09. The maximum atomic E-state index is 11.1. The third-order valence-corrected chi connectivity index (χ3v) is 3.69. The number of benzene rings is 1. The van der Waals surface area contributed by atoms with Gasteiger partial charge in [0.1, 0.15) is 0 Å². The van der Waals surface area contributed by atoms with Crippen molar-refractivity contribution >= 4 is 21.4 Å². The Morgan fingerprint density at radius 3 is 2.42 bits per heavy atom. The minimum absolute atomic E-state index is 0.385. The maximum Gasteiger partial charge on any atom is 0.208 e. The van der Waals surface area contributed by atoms with E-state index in [1.54, 1.807) is 0 Å². The first-order valence-electron chi connectivity index (χ1n) is 6.45. The lowest BCUT2D eigenvalue weighted by molar-refractivity contribution is 0.588. The standard InChI is InChI=1S/C13H23N3O2S/c1-4-16(5-2)13-7-6-12(14)10-11(13)8-9-15-19(3,17)18/h6-7,10,15H,4-5,8-9,14H2,1-3H3. The number of anilines is 2. The Morgan fingerprint density at radius 2 is 1.89 bits per heavy atom. The van der Waals surface area contributed by atoms with Crippen molar-refractivity contribution < 1.29 is 8.42 Å². The Balaban J connectivity index is 2.88. The van der Waals surface area contributed by atoms with Gasteiger partial charge in [-0.25, -0.2) is 13.1 Å². The van der Waals surface area contributed by atoms with Gasteiger partial charge in [-0.05, 0) is 44.0 Å². The molecule has 0 saturated heterocycles. The van der Waals surface area contributed by atoms with Crippen LogP contribution in [0, 0.1) is 0 Å². The van der Waals surface area contributed by atoms with Gasteiger partial charge in [-0.1, -0.05) is 0 Å². The molecule has 0 aromatic heterocycles. The van der Waals surface area contributed by atoms with Crippen LogP contribution in [0.15, 0.2) is 18.2 Å². The van der Waals surface area contributed by atoms with E-state index in [9.17, 15) is 8.42 Å². The van der Waals surface area contributed by atoms with Crippen molar-refractivity contribution in [1.82, 2.24) is 4.72 Å². The van der Waals surface area contributed by atoms with Crippen molar-refractivity contribution in [2.45, 2.75) is 20.3 Å².